The van der Waals surface area contributed by atoms with E-state index in [9.17, 15) is 9.18 Å². The molecule has 0 bridgehead atoms. The van der Waals surface area contributed by atoms with Gasteiger partial charge in [0, 0.05) is 16.5 Å². The van der Waals surface area contributed by atoms with Crippen molar-refractivity contribution in [2.24, 2.45) is 5.92 Å². The molecule has 0 amide bonds. The molecular weight excluding hydrogens is 251 g/mol. The van der Waals surface area contributed by atoms with Crippen molar-refractivity contribution in [1.82, 2.24) is 0 Å². The summed E-state index contributed by atoms with van der Waals surface area (Å²) < 4.78 is 12.7. The predicted molar refractivity (Wildman–Crippen MR) is 64.4 cm³/mol. The fourth-order valence-corrected chi connectivity index (χ4v) is 2.45. The minimum Gasteiger partial charge on any atom is -0.481 e. The topological polar surface area (TPSA) is 37.3 Å². The van der Waals surface area contributed by atoms with E-state index in [4.69, 9.17) is 16.7 Å². The molecule has 5 heteroatoms. The summed E-state index contributed by atoms with van der Waals surface area (Å²) in [6.07, 6.45) is 0. The third kappa shape index (κ3) is 4.02. The highest BCUT2D eigenvalue weighted by Gasteiger charge is 2.11. The van der Waals surface area contributed by atoms with Crippen LogP contribution in [0.25, 0.3) is 0 Å². The normalized spacial score (nSPS) is 12.4. The van der Waals surface area contributed by atoms with Gasteiger partial charge in [-0.15, -0.1) is 0 Å². The molecule has 0 heterocycles. The zero-order valence-electron chi connectivity index (χ0n) is 8.74. The van der Waals surface area contributed by atoms with Crippen LogP contribution in [-0.4, -0.2) is 16.8 Å². The number of rotatable bonds is 5. The first-order valence-electron chi connectivity index (χ1n) is 4.75. The number of benzene rings is 1. The van der Waals surface area contributed by atoms with Crippen molar-refractivity contribution in [3.8, 4) is 0 Å². The Balaban J connectivity index is 2.46. The first kappa shape index (κ1) is 13.3. The third-order valence-electron chi connectivity index (χ3n) is 2.06. The molecule has 1 atom stereocenters. The lowest BCUT2D eigenvalue weighted by Gasteiger charge is -2.07. The maximum Gasteiger partial charge on any atom is 0.307 e. The molecule has 0 saturated carbocycles. The van der Waals surface area contributed by atoms with Gasteiger partial charge in [-0.25, -0.2) is 4.39 Å². The molecule has 0 radical (unpaired) electrons. The zero-order valence-corrected chi connectivity index (χ0v) is 10.3. The summed E-state index contributed by atoms with van der Waals surface area (Å²) in [5, 5.41) is 9.07. The Morgan fingerprint density at radius 3 is 2.88 bits per heavy atom. The molecule has 0 aliphatic carbocycles. The van der Waals surface area contributed by atoms with Gasteiger partial charge >= 0.3 is 5.97 Å². The molecule has 2 nitrogen and oxygen atoms in total. The van der Waals surface area contributed by atoms with Crippen LogP contribution in [0.4, 0.5) is 4.39 Å². The largest absolute Gasteiger partial charge is 0.481 e. The Hall–Kier alpha value is -0.740. The molecule has 0 aliphatic heterocycles. The molecule has 0 fully saturated rings. The molecule has 0 spiro atoms. The summed E-state index contributed by atoms with van der Waals surface area (Å²) in [4.78, 5) is 10.6. The van der Waals surface area contributed by atoms with Crippen LogP contribution in [-0.2, 0) is 10.5 Å². The summed E-state index contributed by atoms with van der Waals surface area (Å²) >= 11 is 7.31. The summed E-state index contributed by atoms with van der Waals surface area (Å²) in [5.41, 5.74) is 0.825. The Bertz CT molecular complexity index is 384. The van der Waals surface area contributed by atoms with Gasteiger partial charge in [0.15, 0.2) is 0 Å². The lowest BCUT2D eigenvalue weighted by molar-refractivity contribution is -0.140. The van der Waals surface area contributed by atoms with Crippen molar-refractivity contribution in [3.63, 3.8) is 0 Å². The molecule has 0 aliphatic rings. The Morgan fingerprint density at radius 2 is 2.31 bits per heavy atom. The van der Waals surface area contributed by atoms with Crippen LogP contribution in [0.15, 0.2) is 18.2 Å². The fraction of sp³-hybridized carbons (Fsp3) is 0.364. The monoisotopic (exact) mass is 262 g/mol. The van der Waals surface area contributed by atoms with E-state index >= 15 is 0 Å². The van der Waals surface area contributed by atoms with Gasteiger partial charge in [0.1, 0.15) is 5.82 Å². The van der Waals surface area contributed by atoms with Crippen LogP contribution in [0, 0.1) is 11.7 Å². The molecule has 0 saturated heterocycles. The molecule has 0 aromatic heterocycles. The Morgan fingerprint density at radius 1 is 1.62 bits per heavy atom. The molecule has 1 aromatic rings. The number of hydrogen-bond acceptors (Lipinski definition) is 2. The van der Waals surface area contributed by atoms with Crippen LogP contribution in [0.2, 0.25) is 5.02 Å². The second-order valence-electron chi connectivity index (χ2n) is 3.49. The van der Waals surface area contributed by atoms with Gasteiger partial charge in [-0.1, -0.05) is 24.6 Å². The molecule has 1 rings (SSSR count). The number of hydrogen-bond donors (Lipinski definition) is 1. The van der Waals surface area contributed by atoms with E-state index in [-0.39, 0.29) is 11.7 Å². The lowest BCUT2D eigenvalue weighted by atomic mass is 10.2. The van der Waals surface area contributed by atoms with E-state index in [0.29, 0.717) is 16.5 Å². The zero-order chi connectivity index (χ0) is 12.1. The first-order chi connectivity index (χ1) is 7.50. The average Bonchev–Trinajstić information content (AvgIpc) is 2.20. The Kier molecular flexibility index (Phi) is 5.09. The second-order valence-corrected chi connectivity index (χ2v) is 4.93. The van der Waals surface area contributed by atoms with Crippen molar-refractivity contribution in [2.75, 3.05) is 5.75 Å². The van der Waals surface area contributed by atoms with Gasteiger partial charge in [-0.2, -0.15) is 11.8 Å². The summed E-state index contributed by atoms with van der Waals surface area (Å²) in [5.74, 6) is -0.445. The molecule has 1 unspecified atom stereocenters. The van der Waals surface area contributed by atoms with Gasteiger partial charge in [-0.3, -0.25) is 4.79 Å². The quantitative estimate of drug-likeness (QED) is 0.883. The second kappa shape index (κ2) is 6.11. The van der Waals surface area contributed by atoms with E-state index in [1.54, 1.807) is 13.0 Å². The smallest absolute Gasteiger partial charge is 0.307 e. The highest BCUT2D eigenvalue weighted by molar-refractivity contribution is 7.98. The standard InChI is InChI=1S/C11H12ClFO2S/c1-7(11(14)15)5-16-6-8-2-3-9(13)4-10(8)12/h2-4,7H,5-6H2,1H3,(H,14,15). The fourth-order valence-electron chi connectivity index (χ4n) is 1.06. The highest BCUT2D eigenvalue weighted by atomic mass is 35.5. The van der Waals surface area contributed by atoms with Crippen molar-refractivity contribution in [1.29, 1.82) is 0 Å². The average molecular weight is 263 g/mol. The Labute approximate surface area is 103 Å². The van der Waals surface area contributed by atoms with Gasteiger partial charge in [0.2, 0.25) is 0 Å². The van der Waals surface area contributed by atoms with Crippen LogP contribution < -0.4 is 0 Å². The van der Waals surface area contributed by atoms with Crippen molar-refractivity contribution >= 4 is 29.3 Å². The SMILES string of the molecule is CC(CSCc1ccc(F)cc1Cl)C(=O)O. The summed E-state index contributed by atoms with van der Waals surface area (Å²) in [7, 11) is 0. The summed E-state index contributed by atoms with van der Waals surface area (Å²) in [6.45, 7) is 1.65. The maximum atomic E-state index is 12.7. The van der Waals surface area contributed by atoms with E-state index in [1.807, 2.05) is 0 Å². The van der Waals surface area contributed by atoms with Gasteiger partial charge < -0.3 is 5.11 Å². The number of halogens is 2. The number of carboxylic acids is 1. The minimum absolute atomic E-state index is 0.363. The van der Waals surface area contributed by atoms with Crippen LogP contribution >= 0.6 is 23.4 Å². The maximum absolute atomic E-state index is 12.7. The van der Waals surface area contributed by atoms with Gasteiger partial charge in [0.25, 0.3) is 0 Å². The first-order valence-corrected chi connectivity index (χ1v) is 6.28. The minimum atomic E-state index is -0.808. The molecule has 1 N–H and O–H groups in total. The van der Waals surface area contributed by atoms with E-state index in [1.165, 1.54) is 23.9 Å². The molecule has 1 aromatic carbocycles. The van der Waals surface area contributed by atoms with Crippen molar-refractivity contribution in [2.45, 2.75) is 12.7 Å². The number of aliphatic carboxylic acids is 1. The molecule has 16 heavy (non-hydrogen) atoms. The van der Waals surface area contributed by atoms with E-state index in [0.717, 1.165) is 5.56 Å². The van der Waals surface area contributed by atoms with Crippen LogP contribution in [0.5, 0.6) is 0 Å². The van der Waals surface area contributed by atoms with Gasteiger partial charge in [-0.05, 0) is 17.7 Å². The van der Waals surface area contributed by atoms with Crippen molar-refractivity contribution in [3.05, 3.63) is 34.6 Å². The van der Waals surface area contributed by atoms with E-state index < -0.39 is 5.97 Å². The van der Waals surface area contributed by atoms with Gasteiger partial charge in [0.05, 0.1) is 5.92 Å². The summed E-state index contributed by atoms with van der Waals surface area (Å²) in [6, 6.07) is 4.23. The number of carbonyl (C=O) groups is 1. The molecule has 88 valence electrons. The van der Waals surface area contributed by atoms with Crippen LogP contribution in [0.3, 0.4) is 0 Å². The predicted octanol–water partition coefficient (Wildman–Crippen LogP) is 3.43. The number of thioether (sulfide) groups is 1. The van der Waals surface area contributed by atoms with Crippen LogP contribution in [0.1, 0.15) is 12.5 Å². The van der Waals surface area contributed by atoms with E-state index in [2.05, 4.69) is 0 Å². The van der Waals surface area contributed by atoms with Crippen molar-refractivity contribution < 1.29 is 14.3 Å². The molecular formula is C11H12ClFO2S. The highest BCUT2D eigenvalue weighted by Crippen LogP contribution is 2.23. The third-order valence-corrected chi connectivity index (χ3v) is 3.66. The number of carboxylic acid groups (broad SMARTS) is 1. The lowest BCUT2D eigenvalue weighted by Crippen LogP contribution is -2.11.